The molecule has 2 heterocycles. The van der Waals surface area contributed by atoms with Crippen molar-refractivity contribution in [2.24, 2.45) is 0 Å². The number of ether oxygens (including phenoxy) is 1. The van der Waals surface area contributed by atoms with E-state index in [0.717, 1.165) is 27.9 Å². The summed E-state index contributed by atoms with van der Waals surface area (Å²) < 4.78 is 22.3. The summed E-state index contributed by atoms with van der Waals surface area (Å²) in [5.41, 5.74) is 4.05. The van der Waals surface area contributed by atoms with Crippen molar-refractivity contribution in [2.75, 3.05) is 18.1 Å². The molecule has 1 aliphatic rings. The van der Waals surface area contributed by atoms with Gasteiger partial charge < -0.3 is 19.3 Å². The number of para-hydroxylation sites is 3. The summed E-state index contributed by atoms with van der Waals surface area (Å²) in [5.74, 6) is 0.680. The van der Waals surface area contributed by atoms with Crippen LogP contribution in [0.15, 0.2) is 66.7 Å². The maximum Gasteiger partial charge on any atom is 0.227 e. The molecule has 1 fully saturated rings. The van der Waals surface area contributed by atoms with E-state index in [9.17, 15) is 14.3 Å². The van der Waals surface area contributed by atoms with Crippen LogP contribution < -0.4 is 9.64 Å². The number of nitrogens with zero attached hydrogens (tertiary/aromatic N) is 3. The largest absolute Gasteiger partial charge is 0.491 e. The number of amides is 1. The molecule has 5 rings (SSSR count). The smallest absolute Gasteiger partial charge is 0.227 e. The normalized spacial score (nSPS) is 16.7. The van der Waals surface area contributed by atoms with Gasteiger partial charge in [0, 0.05) is 18.9 Å². The number of anilines is 1. The predicted molar refractivity (Wildman–Crippen MR) is 133 cm³/mol. The van der Waals surface area contributed by atoms with Gasteiger partial charge in [0.2, 0.25) is 5.91 Å². The van der Waals surface area contributed by atoms with Crippen molar-refractivity contribution in [3.05, 3.63) is 89.5 Å². The van der Waals surface area contributed by atoms with Gasteiger partial charge >= 0.3 is 0 Å². The molecule has 1 aromatic heterocycles. The van der Waals surface area contributed by atoms with Crippen LogP contribution in [0.1, 0.15) is 29.3 Å². The third-order valence-corrected chi connectivity index (χ3v) is 6.49. The zero-order valence-electron chi connectivity index (χ0n) is 19.8. The van der Waals surface area contributed by atoms with Crippen LogP contribution in [0, 0.1) is 19.7 Å². The minimum atomic E-state index is -0.786. The van der Waals surface area contributed by atoms with Crippen molar-refractivity contribution in [3.63, 3.8) is 0 Å². The number of aliphatic hydroxyl groups excluding tert-OH is 1. The lowest BCUT2D eigenvalue weighted by Gasteiger charge is -2.19. The second-order valence-corrected chi connectivity index (χ2v) is 9.16. The number of fused-ring (bicyclic) bond motifs is 1. The highest BCUT2D eigenvalue weighted by Crippen LogP contribution is 2.34. The number of hydrogen-bond acceptors (Lipinski definition) is 4. The van der Waals surface area contributed by atoms with E-state index in [4.69, 9.17) is 9.72 Å². The van der Waals surface area contributed by atoms with Gasteiger partial charge in [0.15, 0.2) is 0 Å². The molecule has 3 aromatic carbocycles. The molecule has 0 bridgehead atoms. The van der Waals surface area contributed by atoms with Gasteiger partial charge in [0.05, 0.1) is 23.3 Å². The Balaban J connectivity index is 1.39. The third-order valence-electron chi connectivity index (χ3n) is 6.49. The van der Waals surface area contributed by atoms with E-state index in [1.165, 1.54) is 11.0 Å². The van der Waals surface area contributed by atoms with Crippen molar-refractivity contribution in [1.82, 2.24) is 9.55 Å². The number of aliphatic hydroxyl groups is 1. The van der Waals surface area contributed by atoms with Crippen LogP contribution in [-0.2, 0) is 11.3 Å². The van der Waals surface area contributed by atoms with E-state index in [0.29, 0.717) is 12.4 Å². The summed E-state index contributed by atoms with van der Waals surface area (Å²) in [7, 11) is 0. The van der Waals surface area contributed by atoms with Gasteiger partial charge in [-0.1, -0.05) is 36.4 Å². The molecule has 7 heteroatoms. The fraction of sp³-hybridized carbons (Fsp3) is 0.286. The number of carbonyl (C=O) groups excluding carboxylic acids is 1. The average molecular weight is 474 g/mol. The summed E-state index contributed by atoms with van der Waals surface area (Å²) in [6, 6.07) is 20.0. The van der Waals surface area contributed by atoms with Gasteiger partial charge in [-0.05, 0) is 55.3 Å². The predicted octanol–water partition coefficient (Wildman–Crippen LogP) is 4.75. The van der Waals surface area contributed by atoms with Crippen molar-refractivity contribution >= 4 is 22.6 Å². The second kappa shape index (κ2) is 9.50. The Morgan fingerprint density at radius 1 is 1.11 bits per heavy atom. The fourth-order valence-corrected chi connectivity index (χ4v) is 4.69. The van der Waals surface area contributed by atoms with Gasteiger partial charge in [-0.15, -0.1) is 0 Å². The van der Waals surface area contributed by atoms with Gasteiger partial charge in [0.1, 0.15) is 30.1 Å². The molecule has 1 aliphatic heterocycles. The number of benzene rings is 3. The lowest BCUT2D eigenvalue weighted by atomic mass is 10.1. The number of hydrogen-bond donors (Lipinski definition) is 1. The van der Waals surface area contributed by atoms with Crippen LogP contribution >= 0.6 is 0 Å². The Hall–Kier alpha value is -3.71. The van der Waals surface area contributed by atoms with E-state index in [-0.39, 0.29) is 37.1 Å². The number of halogens is 1. The number of aromatic nitrogens is 2. The monoisotopic (exact) mass is 473 g/mol. The lowest BCUT2D eigenvalue weighted by Crippen LogP contribution is -2.27. The number of carbonyl (C=O) groups is 1. The minimum absolute atomic E-state index is 0.126. The Morgan fingerprint density at radius 3 is 2.71 bits per heavy atom. The highest BCUT2D eigenvalue weighted by Gasteiger charge is 2.36. The SMILES string of the molecule is Cc1ccc(C)c(OC[C@H](O)Cn2c([C@H]3CC(=O)N(c4ccccc4F)C3)nc3ccccc32)c1. The quantitative estimate of drug-likeness (QED) is 0.421. The first-order chi connectivity index (χ1) is 16.9. The van der Waals surface area contributed by atoms with Crippen molar-refractivity contribution in [1.29, 1.82) is 0 Å². The van der Waals surface area contributed by atoms with Gasteiger partial charge in [-0.25, -0.2) is 9.37 Å². The zero-order valence-corrected chi connectivity index (χ0v) is 19.8. The highest BCUT2D eigenvalue weighted by atomic mass is 19.1. The molecule has 1 saturated heterocycles. The summed E-state index contributed by atoms with van der Waals surface area (Å²) in [6.45, 7) is 4.70. The first-order valence-corrected chi connectivity index (χ1v) is 11.8. The van der Waals surface area contributed by atoms with Crippen LogP contribution in [0.2, 0.25) is 0 Å². The van der Waals surface area contributed by atoms with Crippen LogP contribution in [0.4, 0.5) is 10.1 Å². The highest BCUT2D eigenvalue weighted by molar-refractivity contribution is 5.96. The molecule has 0 unspecified atom stereocenters. The maximum atomic E-state index is 14.4. The molecule has 0 radical (unpaired) electrons. The summed E-state index contributed by atoms with van der Waals surface area (Å²) in [4.78, 5) is 19.1. The molecule has 0 aliphatic carbocycles. The van der Waals surface area contributed by atoms with E-state index >= 15 is 0 Å². The summed E-state index contributed by atoms with van der Waals surface area (Å²) >= 11 is 0. The number of rotatable bonds is 7. The molecule has 4 aromatic rings. The minimum Gasteiger partial charge on any atom is -0.491 e. The number of imidazole rings is 1. The third kappa shape index (κ3) is 4.64. The molecule has 35 heavy (non-hydrogen) atoms. The topological polar surface area (TPSA) is 67.6 Å². The maximum absolute atomic E-state index is 14.4. The molecule has 2 atom stereocenters. The average Bonchev–Trinajstić information content (AvgIpc) is 3.40. The molecule has 0 spiro atoms. The first kappa shape index (κ1) is 23.1. The van der Waals surface area contributed by atoms with Crippen LogP contribution in [0.5, 0.6) is 5.75 Å². The molecule has 180 valence electrons. The van der Waals surface area contributed by atoms with Crippen molar-refractivity contribution in [3.8, 4) is 5.75 Å². The Morgan fingerprint density at radius 2 is 1.89 bits per heavy atom. The van der Waals surface area contributed by atoms with E-state index in [1.54, 1.807) is 18.2 Å². The first-order valence-electron chi connectivity index (χ1n) is 11.8. The summed E-state index contributed by atoms with van der Waals surface area (Å²) in [5, 5.41) is 10.9. The summed E-state index contributed by atoms with van der Waals surface area (Å²) in [6.07, 6.45) is -0.557. The molecule has 0 saturated carbocycles. The number of aryl methyl sites for hydroxylation is 2. The second-order valence-electron chi connectivity index (χ2n) is 9.16. The molecule has 1 amide bonds. The van der Waals surface area contributed by atoms with Crippen LogP contribution in [-0.4, -0.2) is 39.8 Å². The van der Waals surface area contributed by atoms with Crippen molar-refractivity contribution in [2.45, 2.75) is 38.8 Å². The fourth-order valence-electron chi connectivity index (χ4n) is 4.69. The van der Waals surface area contributed by atoms with Crippen LogP contribution in [0.3, 0.4) is 0 Å². The zero-order chi connectivity index (χ0) is 24.5. The Labute approximate surface area is 203 Å². The van der Waals surface area contributed by atoms with Gasteiger partial charge in [-0.3, -0.25) is 4.79 Å². The van der Waals surface area contributed by atoms with Crippen molar-refractivity contribution < 1.29 is 19.0 Å². The standard InChI is InChI=1S/C28H28FN3O3/c1-18-11-12-19(2)26(13-18)35-17-21(33)16-32-25-10-6-4-8-23(25)30-28(32)20-14-27(34)31(15-20)24-9-5-3-7-22(24)29/h3-13,20-21,33H,14-17H2,1-2H3/t20-,21+/m0/s1. The molecular formula is C28H28FN3O3. The van der Waals surface area contributed by atoms with E-state index < -0.39 is 11.9 Å². The molecular weight excluding hydrogens is 445 g/mol. The van der Waals surface area contributed by atoms with Gasteiger partial charge in [0.25, 0.3) is 0 Å². The molecule has 6 nitrogen and oxygen atoms in total. The Kier molecular flexibility index (Phi) is 6.26. The lowest BCUT2D eigenvalue weighted by molar-refractivity contribution is -0.117. The van der Waals surface area contributed by atoms with E-state index in [2.05, 4.69) is 0 Å². The Bertz CT molecular complexity index is 1380. The van der Waals surface area contributed by atoms with E-state index in [1.807, 2.05) is 60.9 Å². The van der Waals surface area contributed by atoms with Crippen LogP contribution in [0.25, 0.3) is 11.0 Å². The van der Waals surface area contributed by atoms with Gasteiger partial charge in [-0.2, -0.15) is 0 Å². The molecule has 1 N–H and O–H groups in total.